The van der Waals surface area contributed by atoms with E-state index >= 15 is 0 Å². The van der Waals surface area contributed by atoms with Crippen LogP contribution in [0.25, 0.3) is 0 Å². The van der Waals surface area contributed by atoms with Crippen LogP contribution in [0.1, 0.15) is 53.3 Å². The number of carbonyl (C=O) groups is 2. The van der Waals surface area contributed by atoms with Gasteiger partial charge in [-0.2, -0.15) is 0 Å². The molecule has 0 unspecified atom stereocenters. The van der Waals surface area contributed by atoms with E-state index < -0.39 is 15.7 Å². The van der Waals surface area contributed by atoms with Gasteiger partial charge in [0, 0.05) is 50.5 Å². The highest BCUT2D eigenvalue weighted by Gasteiger charge is 2.32. The highest BCUT2D eigenvalue weighted by atomic mass is 32.2. The molecule has 0 bridgehead atoms. The highest BCUT2D eigenvalue weighted by molar-refractivity contribution is 7.91. The third-order valence-corrected chi connectivity index (χ3v) is 9.30. The SMILES string of the molecule is CC(=O)c1ccc(N2CCN(C(=O)c3cc(S(=O)(=O)CC4CC4)ccc3N3CCCC3)CC2)c(F)c1. The second-order valence-corrected chi connectivity index (χ2v) is 12.1. The third kappa shape index (κ3) is 5.12. The van der Waals surface area contributed by atoms with Crippen LogP contribution in [-0.2, 0) is 9.84 Å². The molecule has 0 spiro atoms. The topological polar surface area (TPSA) is 78.0 Å². The molecule has 2 aliphatic heterocycles. The van der Waals surface area contributed by atoms with Gasteiger partial charge in [-0.05, 0) is 74.9 Å². The zero-order valence-electron chi connectivity index (χ0n) is 20.6. The number of ketones is 1. The lowest BCUT2D eigenvalue weighted by molar-refractivity contribution is 0.0746. The lowest BCUT2D eigenvalue weighted by Crippen LogP contribution is -2.49. The molecule has 3 fully saturated rings. The number of piperazine rings is 1. The predicted molar refractivity (Wildman–Crippen MR) is 137 cm³/mol. The molecule has 1 aliphatic carbocycles. The molecule has 2 aromatic rings. The first-order valence-electron chi connectivity index (χ1n) is 12.7. The van der Waals surface area contributed by atoms with Crippen molar-refractivity contribution in [3.05, 3.63) is 53.3 Å². The largest absolute Gasteiger partial charge is 0.371 e. The van der Waals surface area contributed by atoms with E-state index in [0.29, 0.717) is 43.0 Å². The van der Waals surface area contributed by atoms with Crippen molar-refractivity contribution in [2.45, 2.75) is 37.5 Å². The Morgan fingerprint density at radius 3 is 2.14 bits per heavy atom. The maximum atomic E-state index is 14.7. The Kier molecular flexibility index (Phi) is 6.76. The molecule has 2 saturated heterocycles. The number of hydrogen-bond acceptors (Lipinski definition) is 6. The van der Waals surface area contributed by atoms with Gasteiger partial charge < -0.3 is 14.7 Å². The second kappa shape index (κ2) is 9.84. The molecule has 0 N–H and O–H groups in total. The lowest BCUT2D eigenvalue weighted by atomic mass is 10.1. The van der Waals surface area contributed by atoms with E-state index in [9.17, 15) is 22.4 Å². The number of hydrogen-bond donors (Lipinski definition) is 0. The fraction of sp³-hybridized carbons (Fsp3) is 0.481. The maximum absolute atomic E-state index is 14.7. The van der Waals surface area contributed by atoms with E-state index in [4.69, 9.17) is 0 Å². The van der Waals surface area contributed by atoms with Crippen molar-refractivity contribution in [2.75, 3.05) is 54.8 Å². The van der Waals surface area contributed by atoms with Gasteiger partial charge in [-0.3, -0.25) is 9.59 Å². The average molecular weight is 514 g/mol. The fourth-order valence-electron chi connectivity index (χ4n) is 5.11. The number of Topliss-reactive ketones (excluding diaryl/α,β-unsaturated/α-hetero) is 1. The van der Waals surface area contributed by atoms with Crippen LogP contribution in [0.2, 0.25) is 0 Å². The van der Waals surface area contributed by atoms with Gasteiger partial charge in [-0.1, -0.05) is 0 Å². The number of amides is 1. The van der Waals surface area contributed by atoms with E-state index in [1.54, 1.807) is 35.2 Å². The van der Waals surface area contributed by atoms with Crippen molar-refractivity contribution in [3.8, 4) is 0 Å². The first-order valence-corrected chi connectivity index (χ1v) is 14.3. The van der Waals surface area contributed by atoms with Crippen LogP contribution in [0.15, 0.2) is 41.3 Å². The van der Waals surface area contributed by atoms with Crippen LogP contribution < -0.4 is 9.80 Å². The number of nitrogens with zero attached hydrogens (tertiary/aromatic N) is 3. The molecule has 2 heterocycles. The third-order valence-electron chi connectivity index (χ3n) is 7.42. The summed E-state index contributed by atoms with van der Waals surface area (Å²) in [5.74, 6) is -0.465. The summed E-state index contributed by atoms with van der Waals surface area (Å²) in [6, 6.07) is 9.50. The summed E-state index contributed by atoms with van der Waals surface area (Å²) >= 11 is 0. The van der Waals surface area contributed by atoms with Crippen LogP contribution in [0.4, 0.5) is 15.8 Å². The molecular weight excluding hydrogens is 481 g/mol. The molecule has 36 heavy (non-hydrogen) atoms. The molecule has 0 aromatic heterocycles. The van der Waals surface area contributed by atoms with E-state index in [1.807, 2.05) is 4.90 Å². The summed E-state index contributed by atoms with van der Waals surface area (Å²) in [7, 11) is -3.45. The molecule has 192 valence electrons. The Labute approximate surface area is 211 Å². The molecule has 3 aliphatic rings. The Balaban J connectivity index is 1.36. The fourth-order valence-corrected chi connectivity index (χ4v) is 6.83. The minimum atomic E-state index is -3.45. The number of sulfone groups is 1. The highest BCUT2D eigenvalue weighted by Crippen LogP contribution is 2.34. The quantitative estimate of drug-likeness (QED) is 0.525. The van der Waals surface area contributed by atoms with E-state index in [-0.39, 0.29) is 28.3 Å². The monoisotopic (exact) mass is 513 g/mol. The molecule has 9 heteroatoms. The van der Waals surface area contributed by atoms with Gasteiger partial charge in [-0.25, -0.2) is 12.8 Å². The number of benzene rings is 2. The Bertz CT molecular complexity index is 1280. The summed E-state index contributed by atoms with van der Waals surface area (Å²) in [6.07, 6.45) is 3.97. The van der Waals surface area contributed by atoms with Crippen LogP contribution >= 0.6 is 0 Å². The van der Waals surface area contributed by atoms with Crippen molar-refractivity contribution in [1.82, 2.24) is 4.90 Å². The number of carbonyl (C=O) groups excluding carboxylic acids is 2. The van der Waals surface area contributed by atoms with Crippen LogP contribution in [0.5, 0.6) is 0 Å². The van der Waals surface area contributed by atoms with Gasteiger partial charge in [-0.15, -0.1) is 0 Å². The first-order chi connectivity index (χ1) is 17.2. The molecule has 1 amide bonds. The van der Waals surface area contributed by atoms with Crippen LogP contribution in [0, 0.1) is 11.7 Å². The summed E-state index contributed by atoms with van der Waals surface area (Å²) in [6.45, 7) is 4.77. The maximum Gasteiger partial charge on any atom is 0.256 e. The number of halogens is 1. The summed E-state index contributed by atoms with van der Waals surface area (Å²) in [5, 5.41) is 0. The van der Waals surface area contributed by atoms with Gasteiger partial charge >= 0.3 is 0 Å². The van der Waals surface area contributed by atoms with Gasteiger partial charge in [0.15, 0.2) is 15.6 Å². The molecule has 5 rings (SSSR count). The summed E-state index contributed by atoms with van der Waals surface area (Å²) < 4.78 is 40.6. The average Bonchev–Trinajstić information content (AvgIpc) is 3.49. The van der Waals surface area contributed by atoms with E-state index in [1.165, 1.54) is 13.0 Å². The minimum Gasteiger partial charge on any atom is -0.371 e. The van der Waals surface area contributed by atoms with Crippen molar-refractivity contribution in [3.63, 3.8) is 0 Å². The van der Waals surface area contributed by atoms with Crippen LogP contribution in [0.3, 0.4) is 0 Å². The minimum absolute atomic E-state index is 0.135. The molecule has 0 atom stereocenters. The molecule has 2 aromatic carbocycles. The molecule has 0 radical (unpaired) electrons. The standard InChI is InChI=1S/C27H32FN3O4S/c1-19(32)21-6-8-26(24(28)16-21)30-12-14-31(15-13-30)27(33)23-17-22(36(34,35)18-20-4-5-20)7-9-25(23)29-10-2-3-11-29/h6-9,16-17,20H,2-5,10-15,18H2,1H3. The Morgan fingerprint density at radius 1 is 0.889 bits per heavy atom. The van der Waals surface area contributed by atoms with Gasteiger partial charge in [0.1, 0.15) is 5.82 Å². The molecule has 1 saturated carbocycles. The lowest BCUT2D eigenvalue weighted by Gasteiger charge is -2.37. The first kappa shape index (κ1) is 24.7. The molecule has 7 nitrogen and oxygen atoms in total. The normalized spacial score (nSPS) is 18.6. The number of rotatable bonds is 7. The van der Waals surface area contributed by atoms with E-state index in [2.05, 4.69) is 4.90 Å². The zero-order chi connectivity index (χ0) is 25.4. The number of anilines is 2. The van der Waals surface area contributed by atoms with Crippen molar-refractivity contribution in [2.24, 2.45) is 5.92 Å². The zero-order valence-corrected chi connectivity index (χ0v) is 21.4. The van der Waals surface area contributed by atoms with Crippen molar-refractivity contribution in [1.29, 1.82) is 0 Å². The summed E-state index contributed by atoms with van der Waals surface area (Å²) in [5.41, 5.74) is 1.96. The van der Waals surface area contributed by atoms with Crippen molar-refractivity contribution >= 4 is 32.9 Å². The van der Waals surface area contributed by atoms with Gasteiger partial charge in [0.25, 0.3) is 5.91 Å². The smallest absolute Gasteiger partial charge is 0.256 e. The van der Waals surface area contributed by atoms with Crippen LogP contribution in [-0.4, -0.2) is 70.0 Å². The molecular formula is C27H32FN3O4S. The second-order valence-electron chi connectivity index (χ2n) is 10.1. The van der Waals surface area contributed by atoms with Gasteiger partial charge in [0.2, 0.25) is 0 Å². The Hall–Kier alpha value is -2.94. The van der Waals surface area contributed by atoms with E-state index in [0.717, 1.165) is 44.5 Å². The Morgan fingerprint density at radius 2 is 1.53 bits per heavy atom. The predicted octanol–water partition coefficient (Wildman–Crippen LogP) is 3.77. The van der Waals surface area contributed by atoms with Gasteiger partial charge in [0.05, 0.1) is 21.9 Å². The summed E-state index contributed by atoms with van der Waals surface area (Å²) in [4.78, 5) is 31.2. The van der Waals surface area contributed by atoms with Crippen molar-refractivity contribution < 1.29 is 22.4 Å².